The standard InChI is InChI=1S/C26H28N6O5/c1-35-24-5-3-19-25(30-24)20(6-9-27-19)28-16-7-10-31(11-8-16)13-18-14-32(26(34)37-18)17-2-4-22-21(12-17)29-23(33)15-36-22/h2-6,9,12,16,18H,7-8,10-11,13-15H2,1H3,(H,27,28)(H,29,33). The first-order chi connectivity index (χ1) is 18.1. The predicted octanol–water partition coefficient (Wildman–Crippen LogP) is 2.87. The Balaban J connectivity index is 1.04. The lowest BCUT2D eigenvalue weighted by atomic mass is 10.0. The number of aromatic nitrogens is 2. The molecule has 2 saturated heterocycles. The molecule has 5 heterocycles. The number of rotatable bonds is 6. The van der Waals surface area contributed by atoms with Gasteiger partial charge < -0.3 is 24.8 Å². The highest BCUT2D eigenvalue weighted by Gasteiger charge is 2.35. The largest absolute Gasteiger partial charge is 0.482 e. The summed E-state index contributed by atoms with van der Waals surface area (Å²) in [6.07, 6.45) is 3.11. The number of likely N-dealkylation sites (tertiary alicyclic amines) is 1. The summed E-state index contributed by atoms with van der Waals surface area (Å²) in [5.74, 6) is 0.947. The highest BCUT2D eigenvalue weighted by molar-refractivity contribution is 5.97. The van der Waals surface area contributed by atoms with Crippen molar-refractivity contribution in [3.63, 3.8) is 0 Å². The molecule has 1 aromatic carbocycles. The average molecular weight is 505 g/mol. The maximum Gasteiger partial charge on any atom is 0.414 e. The number of nitrogens with zero attached hydrogens (tertiary/aromatic N) is 4. The zero-order valence-corrected chi connectivity index (χ0v) is 20.5. The number of anilines is 3. The molecule has 6 rings (SSSR count). The number of hydrogen-bond donors (Lipinski definition) is 2. The van der Waals surface area contributed by atoms with Crippen LogP contribution in [-0.2, 0) is 9.53 Å². The van der Waals surface area contributed by atoms with Crippen molar-refractivity contribution in [1.29, 1.82) is 0 Å². The summed E-state index contributed by atoms with van der Waals surface area (Å²) < 4.78 is 16.4. The fraction of sp³-hybridized carbons (Fsp3) is 0.385. The third-order valence-corrected chi connectivity index (χ3v) is 6.96. The summed E-state index contributed by atoms with van der Waals surface area (Å²) in [5.41, 5.74) is 3.82. The zero-order chi connectivity index (χ0) is 25.4. The molecule has 1 unspecified atom stereocenters. The molecule has 2 fully saturated rings. The van der Waals surface area contributed by atoms with E-state index in [9.17, 15) is 9.59 Å². The van der Waals surface area contributed by atoms with Crippen molar-refractivity contribution in [2.45, 2.75) is 25.0 Å². The number of ether oxygens (including phenoxy) is 3. The SMILES string of the molecule is COc1ccc2nccc(NC3CCN(CC4CN(c5ccc6c(c5)NC(=O)CO6)C(=O)O4)CC3)c2n1. The molecule has 0 radical (unpaired) electrons. The summed E-state index contributed by atoms with van der Waals surface area (Å²) in [6.45, 7) is 2.93. The van der Waals surface area contributed by atoms with Gasteiger partial charge in [0, 0.05) is 43.6 Å². The maximum atomic E-state index is 12.6. The molecule has 2 amide bonds. The molecule has 192 valence electrons. The van der Waals surface area contributed by atoms with Crippen LogP contribution in [0.15, 0.2) is 42.6 Å². The number of cyclic esters (lactones) is 1. The van der Waals surface area contributed by atoms with Gasteiger partial charge in [-0.1, -0.05) is 0 Å². The van der Waals surface area contributed by atoms with Crippen molar-refractivity contribution < 1.29 is 23.8 Å². The quantitative estimate of drug-likeness (QED) is 0.522. The molecule has 37 heavy (non-hydrogen) atoms. The molecule has 3 aromatic rings. The van der Waals surface area contributed by atoms with E-state index in [-0.39, 0.29) is 24.7 Å². The van der Waals surface area contributed by atoms with Crippen LogP contribution in [-0.4, -0.2) is 78.9 Å². The van der Waals surface area contributed by atoms with E-state index in [4.69, 9.17) is 14.2 Å². The topological polar surface area (TPSA) is 118 Å². The van der Waals surface area contributed by atoms with Gasteiger partial charge in [0.1, 0.15) is 17.4 Å². The van der Waals surface area contributed by atoms with Gasteiger partial charge in [-0.2, -0.15) is 0 Å². The molecule has 0 bridgehead atoms. The first-order valence-electron chi connectivity index (χ1n) is 12.4. The fourth-order valence-electron chi connectivity index (χ4n) is 5.07. The lowest BCUT2D eigenvalue weighted by molar-refractivity contribution is -0.118. The number of fused-ring (bicyclic) bond motifs is 2. The third-order valence-electron chi connectivity index (χ3n) is 6.96. The van der Waals surface area contributed by atoms with Gasteiger partial charge in [-0.05, 0) is 43.2 Å². The highest BCUT2D eigenvalue weighted by atomic mass is 16.6. The van der Waals surface area contributed by atoms with Crippen molar-refractivity contribution in [2.24, 2.45) is 0 Å². The second kappa shape index (κ2) is 9.74. The molecule has 1 atom stereocenters. The minimum Gasteiger partial charge on any atom is -0.482 e. The predicted molar refractivity (Wildman–Crippen MR) is 137 cm³/mol. The molecule has 3 aliphatic rings. The van der Waals surface area contributed by atoms with E-state index in [2.05, 4.69) is 25.5 Å². The minimum absolute atomic E-state index is 0.00280. The molecular weight excluding hydrogens is 476 g/mol. The maximum absolute atomic E-state index is 12.6. The van der Waals surface area contributed by atoms with E-state index in [0.29, 0.717) is 42.1 Å². The Hall–Kier alpha value is -4.12. The summed E-state index contributed by atoms with van der Waals surface area (Å²) >= 11 is 0. The number of amides is 2. The second-order valence-corrected chi connectivity index (χ2v) is 9.43. The first-order valence-corrected chi connectivity index (χ1v) is 12.4. The Labute approximate surface area is 213 Å². The van der Waals surface area contributed by atoms with Crippen LogP contribution in [0.1, 0.15) is 12.8 Å². The molecular formula is C26H28N6O5. The fourth-order valence-corrected chi connectivity index (χ4v) is 5.07. The highest BCUT2D eigenvalue weighted by Crippen LogP contribution is 2.34. The monoisotopic (exact) mass is 504 g/mol. The normalized spacial score (nSPS) is 20.2. The zero-order valence-electron chi connectivity index (χ0n) is 20.5. The van der Waals surface area contributed by atoms with Gasteiger partial charge in [0.05, 0.1) is 30.5 Å². The van der Waals surface area contributed by atoms with Crippen molar-refractivity contribution in [1.82, 2.24) is 14.9 Å². The van der Waals surface area contributed by atoms with E-state index < -0.39 is 0 Å². The van der Waals surface area contributed by atoms with E-state index >= 15 is 0 Å². The van der Waals surface area contributed by atoms with Gasteiger partial charge >= 0.3 is 6.09 Å². The van der Waals surface area contributed by atoms with Crippen LogP contribution in [0.2, 0.25) is 0 Å². The summed E-state index contributed by atoms with van der Waals surface area (Å²) in [4.78, 5) is 37.2. The number of carbonyl (C=O) groups excluding carboxylic acids is 2. The number of carbonyl (C=O) groups is 2. The van der Waals surface area contributed by atoms with E-state index in [1.54, 1.807) is 30.3 Å². The van der Waals surface area contributed by atoms with Crippen molar-refractivity contribution in [2.75, 3.05) is 55.4 Å². The Morgan fingerprint density at radius 1 is 1.16 bits per heavy atom. The van der Waals surface area contributed by atoms with Gasteiger partial charge in [-0.25, -0.2) is 9.78 Å². The van der Waals surface area contributed by atoms with Crippen LogP contribution in [0.5, 0.6) is 11.6 Å². The molecule has 2 N–H and O–H groups in total. The minimum atomic E-state index is -0.378. The second-order valence-electron chi connectivity index (χ2n) is 9.43. The van der Waals surface area contributed by atoms with Crippen LogP contribution in [0, 0.1) is 0 Å². The molecule has 2 aromatic heterocycles. The number of hydrogen-bond acceptors (Lipinski definition) is 9. The molecule has 0 saturated carbocycles. The Morgan fingerprint density at radius 2 is 2.03 bits per heavy atom. The Kier molecular flexibility index (Phi) is 6.13. The van der Waals surface area contributed by atoms with Crippen molar-refractivity contribution in [3.8, 4) is 11.6 Å². The summed E-state index contributed by atoms with van der Waals surface area (Å²) in [5, 5.41) is 6.42. The van der Waals surface area contributed by atoms with Crippen LogP contribution in [0.3, 0.4) is 0 Å². The number of benzene rings is 1. The van der Waals surface area contributed by atoms with Crippen LogP contribution in [0.4, 0.5) is 21.9 Å². The molecule has 0 spiro atoms. The third kappa shape index (κ3) is 4.82. The molecule has 0 aliphatic carbocycles. The number of nitrogens with one attached hydrogen (secondary N) is 2. The van der Waals surface area contributed by atoms with E-state index in [1.165, 1.54) is 0 Å². The number of pyridine rings is 2. The molecule has 11 heteroatoms. The lowest BCUT2D eigenvalue weighted by Crippen LogP contribution is -2.43. The van der Waals surface area contributed by atoms with Gasteiger partial charge in [-0.15, -0.1) is 0 Å². The molecule has 11 nitrogen and oxygen atoms in total. The first kappa shape index (κ1) is 23.3. The van der Waals surface area contributed by atoms with Crippen molar-refractivity contribution in [3.05, 3.63) is 42.6 Å². The average Bonchev–Trinajstić information content (AvgIpc) is 3.29. The van der Waals surface area contributed by atoms with Gasteiger partial charge in [0.25, 0.3) is 5.91 Å². The summed E-state index contributed by atoms with van der Waals surface area (Å²) in [7, 11) is 1.61. The molecule has 3 aliphatic heterocycles. The smallest absolute Gasteiger partial charge is 0.414 e. The van der Waals surface area contributed by atoms with E-state index in [1.807, 2.05) is 24.3 Å². The lowest BCUT2D eigenvalue weighted by Gasteiger charge is -2.33. The van der Waals surface area contributed by atoms with Crippen molar-refractivity contribution >= 4 is 40.1 Å². The van der Waals surface area contributed by atoms with E-state index in [0.717, 1.165) is 42.7 Å². The number of methoxy groups -OCH3 is 1. The van der Waals surface area contributed by atoms with Gasteiger partial charge in [-0.3, -0.25) is 19.6 Å². The van der Waals surface area contributed by atoms with Crippen LogP contribution < -0.4 is 25.0 Å². The van der Waals surface area contributed by atoms with Gasteiger partial charge in [0.2, 0.25) is 5.88 Å². The van der Waals surface area contributed by atoms with Gasteiger partial charge in [0.15, 0.2) is 6.61 Å². The van der Waals surface area contributed by atoms with Crippen LogP contribution in [0.25, 0.3) is 11.0 Å². The Morgan fingerprint density at radius 3 is 2.86 bits per heavy atom. The Bertz CT molecular complexity index is 1340. The van der Waals surface area contributed by atoms with Crippen LogP contribution >= 0.6 is 0 Å². The number of piperidine rings is 1. The summed E-state index contributed by atoms with van der Waals surface area (Å²) in [6, 6.07) is 11.3.